The highest BCUT2D eigenvalue weighted by atomic mass is 16.2. The number of hydrogen-bond donors (Lipinski definition) is 2. The van der Waals surface area contributed by atoms with Crippen molar-refractivity contribution in [3.05, 3.63) is 124 Å². The summed E-state index contributed by atoms with van der Waals surface area (Å²) in [6.07, 6.45) is 6.30. The van der Waals surface area contributed by atoms with Crippen molar-refractivity contribution in [3.8, 4) is 17.5 Å². The molecule has 0 bridgehead atoms. The SMILES string of the molecule is C=Cc1cnc(N)c(C(=O)NC(C)c2nc3cccc(C#Cc4ccncc4)c3c(=O)n2-c2ccccc2)c1N=C. The van der Waals surface area contributed by atoms with Gasteiger partial charge >= 0.3 is 0 Å². The Hall–Kier alpha value is -5.88. The Labute approximate surface area is 236 Å². The first kappa shape index (κ1) is 26.7. The normalized spacial score (nSPS) is 11.2. The average molecular weight is 540 g/mol. The van der Waals surface area contributed by atoms with Crippen LogP contribution in [0.25, 0.3) is 22.7 Å². The van der Waals surface area contributed by atoms with Gasteiger partial charge in [-0.25, -0.2) is 9.97 Å². The molecule has 3 heterocycles. The van der Waals surface area contributed by atoms with E-state index >= 15 is 0 Å². The van der Waals surface area contributed by atoms with Gasteiger partial charge in [-0.05, 0) is 50.0 Å². The van der Waals surface area contributed by atoms with Crippen LogP contribution in [0.1, 0.15) is 45.8 Å². The Morgan fingerprint density at radius 2 is 1.85 bits per heavy atom. The van der Waals surface area contributed by atoms with Crippen LogP contribution in [-0.2, 0) is 0 Å². The highest BCUT2D eigenvalue weighted by molar-refractivity contribution is 6.04. The molecule has 1 unspecified atom stereocenters. The Morgan fingerprint density at radius 3 is 2.56 bits per heavy atom. The molecule has 9 nitrogen and oxygen atoms in total. The van der Waals surface area contributed by atoms with Crippen molar-refractivity contribution < 1.29 is 4.79 Å². The molecular formula is C32H25N7O2. The molecule has 5 rings (SSSR count). The number of nitrogens with one attached hydrogen (secondary N) is 1. The Kier molecular flexibility index (Phi) is 7.47. The highest BCUT2D eigenvalue weighted by Gasteiger charge is 2.24. The maximum absolute atomic E-state index is 14.1. The van der Waals surface area contributed by atoms with Crippen LogP contribution in [-0.4, -0.2) is 32.1 Å². The third-order valence-electron chi connectivity index (χ3n) is 6.41. The predicted octanol–water partition coefficient (Wildman–Crippen LogP) is 4.62. The van der Waals surface area contributed by atoms with E-state index in [4.69, 9.17) is 10.7 Å². The summed E-state index contributed by atoms with van der Waals surface area (Å²) in [5, 5.41) is 3.27. The number of para-hydroxylation sites is 1. The number of carbonyl (C=O) groups is 1. The number of benzene rings is 2. The molecule has 0 aliphatic heterocycles. The van der Waals surface area contributed by atoms with Gasteiger partial charge in [0.15, 0.2) is 0 Å². The summed E-state index contributed by atoms with van der Waals surface area (Å²) < 4.78 is 1.49. The maximum Gasteiger partial charge on any atom is 0.267 e. The van der Waals surface area contributed by atoms with E-state index in [1.807, 2.05) is 18.2 Å². The van der Waals surface area contributed by atoms with Gasteiger partial charge in [-0.1, -0.05) is 48.8 Å². The van der Waals surface area contributed by atoms with Gasteiger partial charge in [0.05, 0.1) is 28.3 Å². The van der Waals surface area contributed by atoms with Gasteiger partial charge in [-0.3, -0.25) is 24.1 Å². The van der Waals surface area contributed by atoms with Gasteiger partial charge < -0.3 is 11.1 Å². The molecule has 5 aromatic rings. The minimum absolute atomic E-state index is 0.00738. The third kappa shape index (κ3) is 5.22. The van der Waals surface area contributed by atoms with Crippen LogP contribution >= 0.6 is 0 Å². The van der Waals surface area contributed by atoms with Crippen molar-refractivity contribution in [3.63, 3.8) is 0 Å². The van der Waals surface area contributed by atoms with Gasteiger partial charge in [-0.15, -0.1) is 0 Å². The van der Waals surface area contributed by atoms with E-state index in [9.17, 15) is 9.59 Å². The molecule has 0 spiro atoms. The molecule has 1 atom stereocenters. The van der Waals surface area contributed by atoms with Crippen LogP contribution in [0.15, 0.2) is 95.6 Å². The lowest BCUT2D eigenvalue weighted by molar-refractivity contribution is 0.0939. The fraction of sp³-hybridized carbons (Fsp3) is 0.0625. The van der Waals surface area contributed by atoms with Crippen molar-refractivity contribution in [2.75, 3.05) is 5.73 Å². The quantitative estimate of drug-likeness (QED) is 0.239. The standard InChI is InChI=1S/C32H25N7O2/c1-4-22-19-36-29(33)27(28(22)34-3)31(40)37-20(2)30-38-25-12-8-9-23(14-13-21-15-17-35-18-16-21)26(25)32(41)39(30)24-10-6-5-7-11-24/h4-12,15-20H,1,3H2,2H3,(H2,33,36)(H,37,40). The zero-order valence-corrected chi connectivity index (χ0v) is 22.2. The van der Waals surface area contributed by atoms with Crippen LogP contribution in [0.4, 0.5) is 11.5 Å². The van der Waals surface area contributed by atoms with Crippen molar-refractivity contribution in [2.24, 2.45) is 4.99 Å². The molecule has 0 aliphatic carbocycles. The number of anilines is 1. The molecule has 1 amide bonds. The monoisotopic (exact) mass is 539 g/mol. The van der Waals surface area contributed by atoms with Gasteiger partial charge in [0.25, 0.3) is 11.5 Å². The number of pyridine rings is 2. The van der Waals surface area contributed by atoms with E-state index in [2.05, 4.69) is 45.4 Å². The number of nitrogens with two attached hydrogens (primary N) is 1. The van der Waals surface area contributed by atoms with Crippen LogP contribution in [0.5, 0.6) is 0 Å². The maximum atomic E-state index is 14.1. The van der Waals surface area contributed by atoms with E-state index in [1.165, 1.54) is 16.8 Å². The van der Waals surface area contributed by atoms with E-state index in [0.29, 0.717) is 33.5 Å². The third-order valence-corrected chi connectivity index (χ3v) is 6.41. The van der Waals surface area contributed by atoms with E-state index in [-0.39, 0.29) is 22.6 Å². The Bertz CT molecular complexity index is 1920. The second-order valence-corrected chi connectivity index (χ2v) is 9.01. The summed E-state index contributed by atoms with van der Waals surface area (Å²) in [5.41, 5.74) is 8.92. The summed E-state index contributed by atoms with van der Waals surface area (Å²) in [4.78, 5) is 44.6. The second-order valence-electron chi connectivity index (χ2n) is 9.01. The van der Waals surface area contributed by atoms with Crippen LogP contribution in [0.3, 0.4) is 0 Å². The lowest BCUT2D eigenvalue weighted by atomic mass is 10.1. The number of hydrogen-bond acceptors (Lipinski definition) is 7. The lowest BCUT2D eigenvalue weighted by Gasteiger charge is -2.21. The Balaban J connectivity index is 1.65. The van der Waals surface area contributed by atoms with Crippen LogP contribution in [0, 0.1) is 11.8 Å². The molecule has 0 aliphatic rings. The number of fused-ring (bicyclic) bond motifs is 1. The molecule has 3 aromatic heterocycles. The molecule has 41 heavy (non-hydrogen) atoms. The largest absolute Gasteiger partial charge is 0.383 e. The molecule has 9 heteroatoms. The first-order valence-electron chi connectivity index (χ1n) is 12.6. The number of aliphatic imine (C=N–C) groups is 1. The minimum Gasteiger partial charge on any atom is -0.383 e. The van der Waals surface area contributed by atoms with Gasteiger partial charge in [0.1, 0.15) is 17.2 Å². The van der Waals surface area contributed by atoms with E-state index < -0.39 is 11.9 Å². The van der Waals surface area contributed by atoms with E-state index in [0.717, 1.165) is 5.56 Å². The summed E-state index contributed by atoms with van der Waals surface area (Å²) in [6.45, 7) is 9.04. The number of carbonyl (C=O) groups excluding carboxylic acids is 1. The molecule has 0 saturated heterocycles. The number of rotatable bonds is 6. The molecular weight excluding hydrogens is 514 g/mol. The Morgan fingerprint density at radius 1 is 1.10 bits per heavy atom. The van der Waals surface area contributed by atoms with Crippen LogP contribution < -0.4 is 16.6 Å². The zero-order chi connectivity index (χ0) is 28.9. The number of amides is 1. The fourth-order valence-corrected chi connectivity index (χ4v) is 4.45. The number of nitrogen functional groups attached to an aromatic ring is 1. The summed E-state index contributed by atoms with van der Waals surface area (Å²) in [5.74, 6) is 5.97. The first-order valence-corrected chi connectivity index (χ1v) is 12.6. The average Bonchev–Trinajstić information content (AvgIpc) is 3.00. The smallest absolute Gasteiger partial charge is 0.267 e. The number of nitrogens with zero attached hydrogens (tertiary/aromatic N) is 5. The zero-order valence-electron chi connectivity index (χ0n) is 22.2. The molecule has 2 aromatic carbocycles. The van der Waals surface area contributed by atoms with Crippen molar-refractivity contribution in [2.45, 2.75) is 13.0 Å². The number of aromatic nitrogens is 4. The summed E-state index contributed by atoms with van der Waals surface area (Å²) in [7, 11) is 0. The molecule has 0 fully saturated rings. The van der Waals surface area contributed by atoms with Crippen molar-refractivity contribution in [1.29, 1.82) is 0 Å². The van der Waals surface area contributed by atoms with Gasteiger partial charge in [0, 0.05) is 35.3 Å². The topological polar surface area (TPSA) is 128 Å². The first-order chi connectivity index (χ1) is 19.9. The molecule has 3 N–H and O–H groups in total. The van der Waals surface area contributed by atoms with Crippen molar-refractivity contribution in [1.82, 2.24) is 24.8 Å². The molecule has 0 saturated carbocycles. The van der Waals surface area contributed by atoms with Gasteiger partial charge in [0.2, 0.25) is 0 Å². The lowest BCUT2D eigenvalue weighted by Crippen LogP contribution is -2.34. The molecule has 200 valence electrons. The van der Waals surface area contributed by atoms with Gasteiger partial charge in [-0.2, -0.15) is 0 Å². The second kappa shape index (κ2) is 11.5. The summed E-state index contributed by atoms with van der Waals surface area (Å²) in [6, 6.07) is 17.3. The molecule has 0 radical (unpaired) electrons. The fourth-order valence-electron chi connectivity index (χ4n) is 4.45. The highest BCUT2D eigenvalue weighted by Crippen LogP contribution is 2.29. The summed E-state index contributed by atoms with van der Waals surface area (Å²) >= 11 is 0. The van der Waals surface area contributed by atoms with Crippen molar-refractivity contribution >= 4 is 41.1 Å². The predicted molar refractivity (Wildman–Crippen MR) is 161 cm³/mol. The minimum atomic E-state index is -0.726. The van der Waals surface area contributed by atoms with Crippen LogP contribution in [0.2, 0.25) is 0 Å². The van der Waals surface area contributed by atoms with E-state index in [1.54, 1.807) is 61.8 Å².